The second-order valence-corrected chi connectivity index (χ2v) is 3.53. The van der Waals surface area contributed by atoms with Gasteiger partial charge in [0.25, 0.3) is 5.56 Å². The highest BCUT2D eigenvalue weighted by Crippen LogP contribution is 2.17. The van der Waals surface area contributed by atoms with Crippen molar-refractivity contribution >= 4 is 28.2 Å². The van der Waals surface area contributed by atoms with Crippen LogP contribution in [0.2, 0.25) is 5.15 Å². The molecule has 15 heavy (non-hydrogen) atoms. The highest BCUT2D eigenvalue weighted by atomic mass is 35.5. The van der Waals surface area contributed by atoms with Gasteiger partial charge in [0.2, 0.25) is 0 Å². The lowest BCUT2D eigenvalue weighted by atomic mass is 10.1. The molecule has 0 aliphatic rings. The Hall–Kier alpha value is -1.68. The van der Waals surface area contributed by atoms with Crippen LogP contribution in [0.15, 0.2) is 23.3 Å². The Kier molecular flexibility index (Phi) is 2.28. The Morgan fingerprint density at radius 2 is 2.20 bits per heavy atom. The molecule has 2 aromatic rings. The molecule has 0 saturated carbocycles. The number of nitrogens with one attached hydrogen (secondary N) is 1. The largest absolute Gasteiger partial charge is 0.328 e. The van der Waals surface area contributed by atoms with E-state index in [0.29, 0.717) is 16.3 Å². The molecule has 0 atom stereocenters. The molecule has 2 heterocycles. The summed E-state index contributed by atoms with van der Waals surface area (Å²) in [5.41, 5.74) is 0.160. The van der Waals surface area contributed by atoms with Crippen LogP contribution >= 0.6 is 11.6 Å². The predicted octanol–water partition coefficient (Wildman–Crippen LogP) is 1.78. The van der Waals surface area contributed by atoms with E-state index in [1.165, 1.54) is 25.4 Å². The first-order valence-corrected chi connectivity index (χ1v) is 4.65. The summed E-state index contributed by atoms with van der Waals surface area (Å²) in [6.07, 6.45) is 2.76. The van der Waals surface area contributed by atoms with E-state index in [9.17, 15) is 9.59 Å². The number of ketones is 1. The lowest BCUT2D eigenvalue weighted by molar-refractivity contribution is 0.101. The van der Waals surface area contributed by atoms with Gasteiger partial charge in [-0.15, -0.1) is 0 Å². The SMILES string of the molecule is CC(=O)c1c[nH]c(=O)c2cnc(Cl)cc12. The van der Waals surface area contributed by atoms with E-state index in [4.69, 9.17) is 11.6 Å². The molecule has 0 aliphatic heterocycles. The van der Waals surface area contributed by atoms with E-state index in [1.807, 2.05) is 0 Å². The maximum absolute atomic E-state index is 11.4. The molecule has 0 radical (unpaired) electrons. The molecule has 2 rings (SSSR count). The number of aromatic amines is 1. The fourth-order valence-corrected chi connectivity index (χ4v) is 1.58. The smallest absolute Gasteiger partial charge is 0.257 e. The molecule has 0 aromatic carbocycles. The van der Waals surface area contributed by atoms with E-state index in [2.05, 4.69) is 9.97 Å². The zero-order valence-electron chi connectivity index (χ0n) is 7.87. The van der Waals surface area contributed by atoms with E-state index in [1.54, 1.807) is 0 Å². The maximum atomic E-state index is 11.4. The number of hydrogen-bond donors (Lipinski definition) is 1. The first-order valence-electron chi connectivity index (χ1n) is 4.27. The second kappa shape index (κ2) is 3.47. The number of rotatable bonds is 1. The highest BCUT2D eigenvalue weighted by Gasteiger charge is 2.09. The number of carbonyl (C=O) groups excluding carboxylic acids is 1. The Morgan fingerprint density at radius 1 is 1.47 bits per heavy atom. The number of nitrogens with zero attached hydrogens (tertiary/aromatic N) is 1. The third kappa shape index (κ3) is 1.64. The van der Waals surface area contributed by atoms with E-state index in [-0.39, 0.29) is 16.5 Å². The molecule has 5 heteroatoms. The van der Waals surface area contributed by atoms with Crippen molar-refractivity contribution in [1.82, 2.24) is 9.97 Å². The fraction of sp³-hybridized carbons (Fsp3) is 0.100. The number of pyridine rings is 2. The zero-order chi connectivity index (χ0) is 11.0. The number of carbonyl (C=O) groups is 1. The molecule has 0 aliphatic carbocycles. The van der Waals surface area contributed by atoms with Crippen molar-refractivity contribution in [2.45, 2.75) is 6.92 Å². The summed E-state index contributed by atoms with van der Waals surface area (Å²) < 4.78 is 0. The summed E-state index contributed by atoms with van der Waals surface area (Å²) in [5, 5.41) is 1.16. The first kappa shape index (κ1) is 9.86. The Morgan fingerprint density at radius 3 is 2.87 bits per heavy atom. The minimum atomic E-state index is -0.279. The predicted molar refractivity (Wildman–Crippen MR) is 57.4 cm³/mol. The molecule has 4 nitrogen and oxygen atoms in total. The number of aromatic nitrogens is 2. The molecule has 0 unspecified atom stereocenters. The monoisotopic (exact) mass is 222 g/mol. The first-order chi connectivity index (χ1) is 7.09. The van der Waals surface area contributed by atoms with Gasteiger partial charge >= 0.3 is 0 Å². The molecule has 0 amide bonds. The molecular weight excluding hydrogens is 216 g/mol. The molecule has 0 saturated heterocycles. The summed E-state index contributed by atoms with van der Waals surface area (Å²) in [7, 11) is 0. The van der Waals surface area contributed by atoms with Crippen molar-refractivity contribution in [2.75, 3.05) is 0 Å². The van der Waals surface area contributed by atoms with Crippen molar-refractivity contribution in [2.24, 2.45) is 0 Å². The van der Waals surface area contributed by atoms with Gasteiger partial charge in [0.15, 0.2) is 5.78 Å². The molecule has 0 fully saturated rings. The lowest BCUT2D eigenvalue weighted by Crippen LogP contribution is -2.09. The molecule has 2 aromatic heterocycles. The zero-order valence-corrected chi connectivity index (χ0v) is 8.63. The molecule has 76 valence electrons. The highest BCUT2D eigenvalue weighted by molar-refractivity contribution is 6.30. The minimum absolute atomic E-state index is 0.126. The number of fused-ring (bicyclic) bond motifs is 1. The van der Waals surface area contributed by atoms with Crippen LogP contribution in [0.25, 0.3) is 10.8 Å². The van der Waals surface area contributed by atoms with Crippen LogP contribution in [0.4, 0.5) is 0 Å². The third-order valence-electron chi connectivity index (χ3n) is 2.13. The molecule has 1 N–H and O–H groups in total. The van der Waals surface area contributed by atoms with Gasteiger partial charge in [-0.1, -0.05) is 11.6 Å². The summed E-state index contributed by atoms with van der Waals surface area (Å²) in [6.45, 7) is 1.43. The van der Waals surface area contributed by atoms with Crippen LogP contribution in [0.3, 0.4) is 0 Å². The Balaban J connectivity index is 2.96. The summed E-state index contributed by atoms with van der Waals surface area (Å²) in [5.74, 6) is -0.126. The van der Waals surface area contributed by atoms with Crippen LogP contribution in [0, 0.1) is 0 Å². The third-order valence-corrected chi connectivity index (χ3v) is 2.34. The molecule has 0 spiro atoms. The van der Waals surface area contributed by atoms with Crippen LogP contribution in [0.1, 0.15) is 17.3 Å². The van der Waals surface area contributed by atoms with Crippen molar-refractivity contribution in [3.05, 3.63) is 39.5 Å². The number of halogens is 1. The van der Waals surface area contributed by atoms with Gasteiger partial charge in [0, 0.05) is 23.3 Å². The van der Waals surface area contributed by atoms with Gasteiger partial charge < -0.3 is 4.98 Å². The van der Waals surface area contributed by atoms with Crippen LogP contribution in [-0.2, 0) is 0 Å². The quantitative estimate of drug-likeness (QED) is 0.591. The summed E-state index contributed by atoms with van der Waals surface area (Å²) >= 11 is 5.71. The van der Waals surface area contributed by atoms with Crippen molar-refractivity contribution in [3.63, 3.8) is 0 Å². The van der Waals surface area contributed by atoms with Gasteiger partial charge in [0.1, 0.15) is 5.15 Å². The van der Waals surface area contributed by atoms with Gasteiger partial charge in [-0.05, 0) is 13.0 Å². The lowest BCUT2D eigenvalue weighted by Gasteiger charge is -2.01. The van der Waals surface area contributed by atoms with Gasteiger partial charge in [-0.3, -0.25) is 9.59 Å². The maximum Gasteiger partial charge on any atom is 0.257 e. The van der Waals surface area contributed by atoms with E-state index in [0.717, 1.165) is 0 Å². The number of Topliss-reactive ketones (excluding diaryl/α,β-unsaturated/α-hetero) is 1. The molecule has 0 bridgehead atoms. The Labute approximate surface area is 89.9 Å². The minimum Gasteiger partial charge on any atom is -0.328 e. The average Bonchev–Trinajstić information content (AvgIpc) is 2.17. The standard InChI is InChI=1S/C10H7ClN2O2/c1-5(14)7-3-13-10(15)8-4-12-9(11)2-6(7)8/h2-4H,1H3,(H,13,15). The van der Waals surface area contributed by atoms with E-state index < -0.39 is 0 Å². The van der Waals surface area contributed by atoms with Gasteiger partial charge in [-0.2, -0.15) is 0 Å². The number of H-pyrrole nitrogens is 1. The second-order valence-electron chi connectivity index (χ2n) is 3.14. The van der Waals surface area contributed by atoms with Crippen LogP contribution in [0.5, 0.6) is 0 Å². The summed E-state index contributed by atoms with van der Waals surface area (Å²) in [6, 6.07) is 1.52. The van der Waals surface area contributed by atoms with Crippen LogP contribution < -0.4 is 5.56 Å². The fourth-order valence-electron chi connectivity index (χ4n) is 1.42. The molecular formula is C10H7ClN2O2. The van der Waals surface area contributed by atoms with Crippen molar-refractivity contribution in [1.29, 1.82) is 0 Å². The summed E-state index contributed by atoms with van der Waals surface area (Å²) in [4.78, 5) is 29.0. The average molecular weight is 223 g/mol. The van der Waals surface area contributed by atoms with Gasteiger partial charge in [-0.25, -0.2) is 4.98 Å². The Bertz CT molecular complexity index is 604. The topological polar surface area (TPSA) is 62.8 Å². The number of hydrogen-bond acceptors (Lipinski definition) is 3. The van der Waals surface area contributed by atoms with Crippen LogP contribution in [-0.4, -0.2) is 15.8 Å². The van der Waals surface area contributed by atoms with Crippen molar-refractivity contribution < 1.29 is 4.79 Å². The van der Waals surface area contributed by atoms with E-state index >= 15 is 0 Å². The van der Waals surface area contributed by atoms with Crippen molar-refractivity contribution in [3.8, 4) is 0 Å². The van der Waals surface area contributed by atoms with Gasteiger partial charge in [0.05, 0.1) is 5.39 Å². The normalized spacial score (nSPS) is 10.5.